The Morgan fingerprint density at radius 2 is 1.32 bits per heavy atom. The minimum Gasteiger partial charge on any atom is -0.453 e. The van der Waals surface area contributed by atoms with Crippen molar-refractivity contribution in [1.82, 2.24) is 40.6 Å². The fourth-order valence-electron chi connectivity index (χ4n) is 8.77. The monoisotopic (exact) mass is 898 g/mol. The lowest BCUT2D eigenvalue weighted by molar-refractivity contribution is -0.141. The molecular formula is C47H62N8O10. The highest BCUT2D eigenvalue weighted by Gasteiger charge is 2.57. The van der Waals surface area contributed by atoms with E-state index >= 15 is 0 Å². The lowest BCUT2D eigenvalue weighted by atomic mass is 9.78. The number of ketones is 1. The van der Waals surface area contributed by atoms with Gasteiger partial charge in [-0.15, -0.1) is 0 Å². The van der Waals surface area contributed by atoms with Gasteiger partial charge in [0, 0.05) is 37.2 Å². The number of carbonyl (C=O) groups excluding carboxylic acids is 7. The fraction of sp³-hybridized carbons (Fsp3) is 0.532. The molecular weight excluding hydrogens is 837 g/mol. The van der Waals surface area contributed by atoms with Gasteiger partial charge in [-0.1, -0.05) is 76.2 Å². The molecule has 1 spiro atoms. The topological polar surface area (TPSA) is 222 Å². The first-order valence-corrected chi connectivity index (χ1v) is 22.1. The van der Waals surface area contributed by atoms with Crippen molar-refractivity contribution in [3.05, 3.63) is 66.1 Å². The van der Waals surface area contributed by atoms with Gasteiger partial charge < -0.3 is 49.8 Å². The Morgan fingerprint density at radius 1 is 0.785 bits per heavy atom. The number of amides is 6. The van der Waals surface area contributed by atoms with E-state index < -0.39 is 59.2 Å². The second-order valence-corrected chi connectivity index (χ2v) is 18.9. The molecule has 0 saturated carbocycles. The molecule has 0 radical (unpaired) electrons. The summed E-state index contributed by atoms with van der Waals surface area (Å²) >= 11 is 0. The number of rotatable bonds is 13. The van der Waals surface area contributed by atoms with Crippen LogP contribution in [0.2, 0.25) is 0 Å². The largest absolute Gasteiger partial charge is 0.453 e. The summed E-state index contributed by atoms with van der Waals surface area (Å²) in [4.78, 5) is 105. The van der Waals surface area contributed by atoms with Crippen molar-refractivity contribution in [2.24, 2.45) is 17.3 Å². The maximum absolute atomic E-state index is 14.0. The van der Waals surface area contributed by atoms with E-state index in [1.807, 2.05) is 50.2 Å². The van der Waals surface area contributed by atoms with Crippen LogP contribution in [-0.2, 0) is 28.6 Å². The molecule has 3 aliphatic heterocycles. The third-order valence-electron chi connectivity index (χ3n) is 12.2. The summed E-state index contributed by atoms with van der Waals surface area (Å²) in [6.07, 6.45) is 1.64. The number of imidazole rings is 1. The first-order valence-electron chi connectivity index (χ1n) is 22.1. The van der Waals surface area contributed by atoms with Crippen molar-refractivity contribution >= 4 is 41.8 Å². The summed E-state index contributed by atoms with van der Waals surface area (Å²) in [5, 5.41) is 8.01. The van der Waals surface area contributed by atoms with Crippen molar-refractivity contribution in [2.75, 3.05) is 46.9 Å². The molecule has 6 rings (SSSR count). The summed E-state index contributed by atoms with van der Waals surface area (Å²) in [5.74, 6) is -1.27. The van der Waals surface area contributed by atoms with Crippen LogP contribution in [0.25, 0.3) is 22.4 Å². The van der Waals surface area contributed by atoms with E-state index in [1.54, 1.807) is 62.7 Å². The Hall–Kier alpha value is -6.46. The van der Waals surface area contributed by atoms with Crippen LogP contribution in [0.15, 0.2) is 54.7 Å². The average Bonchev–Trinajstić information content (AvgIpc) is 4.04. The van der Waals surface area contributed by atoms with Gasteiger partial charge >= 0.3 is 18.3 Å². The number of aromatic nitrogens is 2. The van der Waals surface area contributed by atoms with Gasteiger partial charge in [-0.05, 0) is 68.6 Å². The second kappa shape index (κ2) is 19.7. The molecule has 4 heterocycles. The molecule has 350 valence electrons. The second-order valence-electron chi connectivity index (χ2n) is 18.9. The summed E-state index contributed by atoms with van der Waals surface area (Å²) in [7, 11) is 2.47. The predicted molar refractivity (Wildman–Crippen MR) is 239 cm³/mol. The molecule has 3 fully saturated rings. The van der Waals surface area contributed by atoms with Gasteiger partial charge in [-0.2, -0.15) is 0 Å². The minimum atomic E-state index is -0.973. The summed E-state index contributed by atoms with van der Waals surface area (Å²) in [6.45, 7) is 13.6. The van der Waals surface area contributed by atoms with E-state index in [-0.39, 0.29) is 62.2 Å². The Balaban J connectivity index is 1.08. The highest BCUT2D eigenvalue weighted by Crippen LogP contribution is 2.44. The number of alkyl carbamates (subject to hydrolysis) is 2. The predicted octanol–water partition coefficient (Wildman–Crippen LogP) is 5.31. The van der Waals surface area contributed by atoms with Crippen LogP contribution >= 0.6 is 0 Å². The molecule has 2 unspecified atom stereocenters. The van der Waals surface area contributed by atoms with Crippen LogP contribution in [0.1, 0.15) is 90.0 Å². The quantitative estimate of drug-likeness (QED) is 0.127. The molecule has 65 heavy (non-hydrogen) atoms. The number of aromatic amines is 1. The van der Waals surface area contributed by atoms with Crippen molar-refractivity contribution < 1.29 is 47.8 Å². The highest BCUT2D eigenvalue weighted by molar-refractivity contribution is 6.01. The van der Waals surface area contributed by atoms with Crippen LogP contribution in [0.3, 0.4) is 0 Å². The van der Waals surface area contributed by atoms with Gasteiger partial charge in [0.25, 0.3) is 0 Å². The number of likely N-dealkylation sites (tertiary alicyclic amines) is 3. The number of benzene rings is 2. The molecule has 1 aromatic heterocycles. The smallest absolute Gasteiger partial charge is 0.410 e. The molecule has 4 atom stereocenters. The maximum Gasteiger partial charge on any atom is 0.410 e. The van der Waals surface area contributed by atoms with Gasteiger partial charge in [0.05, 0.1) is 38.7 Å². The average molecular weight is 899 g/mol. The fourth-order valence-corrected chi connectivity index (χ4v) is 8.77. The summed E-state index contributed by atoms with van der Waals surface area (Å²) in [6, 6.07) is 12.0. The van der Waals surface area contributed by atoms with Crippen LogP contribution in [0.5, 0.6) is 0 Å². The van der Waals surface area contributed by atoms with Gasteiger partial charge in [0.2, 0.25) is 17.7 Å². The molecule has 3 aromatic rings. The molecule has 6 amide bonds. The number of ether oxygens (including phenoxy) is 3. The number of carbonyl (C=O) groups is 7. The zero-order valence-corrected chi connectivity index (χ0v) is 38.7. The lowest BCUT2D eigenvalue weighted by Crippen LogP contribution is -2.61. The van der Waals surface area contributed by atoms with E-state index in [9.17, 15) is 33.6 Å². The Kier molecular flexibility index (Phi) is 14.6. The zero-order chi connectivity index (χ0) is 47.4. The SMILES string of the molecule is COC(=O)NC(C(=O)N1CC2(CC1C(=O)NCC(=O)c1ccc(-c3ccc(-c4cnc([C@@H]5CCCN5C(=O)[C@@H](NC(=O)OC)C(C)C)[nH]4)cc3)cc1)CN(C(=O)OC(C)(C)C)C2)C(C)C. The van der Waals surface area contributed by atoms with E-state index in [0.29, 0.717) is 17.9 Å². The first-order chi connectivity index (χ1) is 30.7. The zero-order valence-electron chi connectivity index (χ0n) is 38.7. The third-order valence-corrected chi connectivity index (χ3v) is 12.2. The van der Waals surface area contributed by atoms with E-state index in [0.717, 1.165) is 35.2 Å². The van der Waals surface area contributed by atoms with E-state index in [1.165, 1.54) is 19.1 Å². The number of Topliss-reactive ketones (excluding diaryl/α,β-unsaturated/α-hetero) is 1. The van der Waals surface area contributed by atoms with E-state index in [4.69, 9.17) is 14.2 Å². The van der Waals surface area contributed by atoms with Crippen molar-refractivity contribution in [3.8, 4) is 22.4 Å². The molecule has 3 aliphatic rings. The van der Waals surface area contributed by atoms with Gasteiger partial charge in [0.15, 0.2) is 5.78 Å². The Labute approximate surface area is 379 Å². The number of hydrogen-bond acceptors (Lipinski definition) is 11. The lowest BCUT2D eigenvalue weighted by Gasteiger charge is -2.47. The maximum atomic E-state index is 14.0. The van der Waals surface area contributed by atoms with Gasteiger partial charge in [0.1, 0.15) is 29.6 Å². The van der Waals surface area contributed by atoms with Crippen LogP contribution in [0.4, 0.5) is 14.4 Å². The molecule has 4 N–H and O–H groups in total. The minimum absolute atomic E-state index is 0.140. The summed E-state index contributed by atoms with van der Waals surface area (Å²) in [5.41, 5.74) is 2.60. The van der Waals surface area contributed by atoms with Gasteiger partial charge in [-0.25, -0.2) is 19.4 Å². The van der Waals surface area contributed by atoms with Crippen molar-refractivity contribution in [3.63, 3.8) is 0 Å². The van der Waals surface area contributed by atoms with Crippen LogP contribution in [0, 0.1) is 17.3 Å². The van der Waals surface area contributed by atoms with Crippen molar-refractivity contribution in [2.45, 2.75) is 97.5 Å². The molecule has 2 aromatic carbocycles. The Bertz CT molecular complexity index is 2240. The molecule has 3 saturated heterocycles. The number of H-pyrrole nitrogens is 1. The van der Waals surface area contributed by atoms with E-state index in [2.05, 4.69) is 25.9 Å². The highest BCUT2D eigenvalue weighted by atomic mass is 16.6. The normalized spacial score (nSPS) is 18.8. The van der Waals surface area contributed by atoms with Crippen molar-refractivity contribution in [1.29, 1.82) is 0 Å². The molecule has 18 nitrogen and oxygen atoms in total. The van der Waals surface area contributed by atoms with Crippen LogP contribution in [-0.4, -0.2) is 137 Å². The molecule has 0 bridgehead atoms. The van der Waals surface area contributed by atoms with Gasteiger partial charge in [-0.3, -0.25) is 19.2 Å². The number of nitrogens with zero attached hydrogens (tertiary/aromatic N) is 4. The molecule has 18 heteroatoms. The number of nitrogens with one attached hydrogen (secondary N) is 4. The molecule has 0 aliphatic carbocycles. The number of methoxy groups -OCH3 is 2. The third kappa shape index (κ3) is 11.1. The van der Waals surface area contributed by atoms with Crippen LogP contribution < -0.4 is 16.0 Å². The Morgan fingerprint density at radius 3 is 1.86 bits per heavy atom. The first kappa shape index (κ1) is 48.0. The standard InChI is InChI=1S/C47H62N8O10/c1-27(2)37(51-43(60)63-8)41(58)54-20-10-11-34(54)39-48-22-33(50-39)31-16-12-29(13-17-31)30-14-18-32(19-15-30)36(56)23-49-40(57)35-21-47(24-53(25-47)45(62)65-46(5,6)7)26-55(35)42(59)38(28(3)4)52-44(61)64-9/h12-19,22,27-28,34-35,37-38H,10-11,20-21,23-26H2,1-9H3,(H,48,50)(H,49,57)(H,51,60)(H,52,61)/t34-,35?,37-,38?/m0/s1. The summed E-state index contributed by atoms with van der Waals surface area (Å²) < 4.78 is 15.0. The number of hydrogen-bond donors (Lipinski definition) is 4.